The third-order valence-electron chi connectivity index (χ3n) is 3.46. The second kappa shape index (κ2) is 5.12. The van der Waals surface area contributed by atoms with Gasteiger partial charge in [0, 0.05) is 17.8 Å². The van der Waals surface area contributed by atoms with Gasteiger partial charge in [0.2, 0.25) is 0 Å². The molecule has 2 aromatic rings. The number of benzene rings is 1. The summed E-state index contributed by atoms with van der Waals surface area (Å²) in [5.74, 6) is 0.597. The van der Waals surface area contributed by atoms with Crippen LogP contribution in [0.15, 0.2) is 36.7 Å². The Kier molecular flexibility index (Phi) is 3.35. The lowest BCUT2D eigenvalue weighted by atomic mass is 9.94. The Hall–Kier alpha value is -1.32. The maximum absolute atomic E-state index is 5.89. The van der Waals surface area contributed by atoms with Crippen molar-refractivity contribution < 1.29 is 0 Å². The molecule has 0 aliphatic carbocycles. The van der Waals surface area contributed by atoms with Crippen molar-refractivity contribution in [3.8, 4) is 5.69 Å². The molecule has 4 heteroatoms. The molecule has 0 bridgehead atoms. The molecule has 1 atom stereocenters. The van der Waals surface area contributed by atoms with Gasteiger partial charge in [-0.2, -0.15) is 5.10 Å². The summed E-state index contributed by atoms with van der Waals surface area (Å²) in [7, 11) is 0. The van der Waals surface area contributed by atoms with E-state index >= 15 is 0 Å². The average Bonchev–Trinajstić information content (AvgIpc) is 2.90. The van der Waals surface area contributed by atoms with Gasteiger partial charge in [0.25, 0.3) is 0 Å². The molecule has 94 valence electrons. The minimum Gasteiger partial charge on any atom is -0.316 e. The van der Waals surface area contributed by atoms with Gasteiger partial charge in [-0.25, -0.2) is 4.68 Å². The highest BCUT2D eigenvalue weighted by Crippen LogP contribution is 2.23. The van der Waals surface area contributed by atoms with Crippen LogP contribution in [-0.2, 0) is 0 Å². The number of nitrogens with one attached hydrogen (secondary N) is 1. The van der Waals surface area contributed by atoms with Gasteiger partial charge in [-0.1, -0.05) is 11.6 Å². The molecule has 1 aliphatic rings. The molecule has 0 spiro atoms. The highest BCUT2D eigenvalue weighted by atomic mass is 35.5. The second-order valence-electron chi connectivity index (χ2n) is 4.74. The van der Waals surface area contributed by atoms with Gasteiger partial charge < -0.3 is 5.32 Å². The lowest BCUT2D eigenvalue weighted by Crippen LogP contribution is -2.28. The molecular formula is C14H16ClN3. The zero-order chi connectivity index (χ0) is 12.4. The largest absolute Gasteiger partial charge is 0.316 e. The van der Waals surface area contributed by atoms with Gasteiger partial charge in [0.15, 0.2) is 0 Å². The van der Waals surface area contributed by atoms with Crippen LogP contribution < -0.4 is 5.32 Å². The molecular weight excluding hydrogens is 246 g/mol. The van der Waals surface area contributed by atoms with Crippen molar-refractivity contribution >= 4 is 11.6 Å². The Morgan fingerprint density at radius 3 is 2.83 bits per heavy atom. The summed E-state index contributed by atoms with van der Waals surface area (Å²) in [6.45, 7) is 2.20. The summed E-state index contributed by atoms with van der Waals surface area (Å²) >= 11 is 5.89. The molecule has 3 nitrogen and oxygen atoms in total. The van der Waals surface area contributed by atoms with E-state index in [9.17, 15) is 0 Å². The molecule has 1 saturated heterocycles. The second-order valence-corrected chi connectivity index (χ2v) is 5.17. The van der Waals surface area contributed by atoms with E-state index in [4.69, 9.17) is 11.6 Å². The van der Waals surface area contributed by atoms with Crippen LogP contribution in [0.5, 0.6) is 0 Å². The Labute approximate surface area is 112 Å². The van der Waals surface area contributed by atoms with Crippen LogP contribution in [0.4, 0.5) is 0 Å². The molecule has 1 fully saturated rings. The number of hydrogen-bond acceptors (Lipinski definition) is 2. The molecule has 1 aromatic heterocycles. The lowest BCUT2D eigenvalue weighted by molar-refractivity contribution is 0.461. The molecule has 0 saturated carbocycles. The molecule has 1 unspecified atom stereocenters. The van der Waals surface area contributed by atoms with E-state index in [1.165, 1.54) is 18.4 Å². The molecule has 1 aliphatic heterocycles. The van der Waals surface area contributed by atoms with E-state index in [2.05, 4.69) is 16.6 Å². The Morgan fingerprint density at radius 1 is 1.28 bits per heavy atom. The van der Waals surface area contributed by atoms with Gasteiger partial charge in [-0.3, -0.25) is 0 Å². The fourth-order valence-corrected chi connectivity index (χ4v) is 2.54. The van der Waals surface area contributed by atoms with Crippen LogP contribution in [-0.4, -0.2) is 22.9 Å². The molecule has 18 heavy (non-hydrogen) atoms. The Balaban J connectivity index is 1.82. The van der Waals surface area contributed by atoms with Gasteiger partial charge in [-0.15, -0.1) is 0 Å². The molecule has 3 rings (SSSR count). The normalized spacial score (nSPS) is 19.9. The van der Waals surface area contributed by atoms with Crippen molar-refractivity contribution in [1.29, 1.82) is 0 Å². The van der Waals surface area contributed by atoms with E-state index in [0.717, 1.165) is 23.8 Å². The van der Waals surface area contributed by atoms with E-state index in [1.807, 2.05) is 35.1 Å². The quantitative estimate of drug-likeness (QED) is 0.901. The first-order valence-electron chi connectivity index (χ1n) is 6.34. The number of halogens is 1. The third-order valence-corrected chi connectivity index (χ3v) is 3.71. The van der Waals surface area contributed by atoms with Gasteiger partial charge in [-0.05, 0) is 55.1 Å². The fourth-order valence-electron chi connectivity index (χ4n) is 2.42. The predicted molar refractivity (Wildman–Crippen MR) is 73.4 cm³/mol. The summed E-state index contributed by atoms with van der Waals surface area (Å²) in [6, 6.07) is 7.75. The molecule has 0 radical (unpaired) electrons. The highest BCUT2D eigenvalue weighted by molar-refractivity contribution is 6.30. The number of piperidine rings is 1. The first-order valence-corrected chi connectivity index (χ1v) is 6.72. The fraction of sp³-hybridized carbons (Fsp3) is 0.357. The molecule has 1 aromatic carbocycles. The summed E-state index contributed by atoms with van der Waals surface area (Å²) in [4.78, 5) is 0. The monoisotopic (exact) mass is 261 g/mol. The topological polar surface area (TPSA) is 29.9 Å². The summed E-state index contributed by atoms with van der Waals surface area (Å²) in [5, 5.41) is 8.62. The molecule has 2 heterocycles. The standard InChI is InChI=1S/C14H16ClN3/c15-13-3-5-14(6-4-13)18-10-12(9-17-18)11-2-1-7-16-8-11/h3-6,9-11,16H,1-2,7-8H2. The van der Waals surface area contributed by atoms with Gasteiger partial charge in [0.05, 0.1) is 11.9 Å². The number of nitrogens with zero attached hydrogens (tertiary/aromatic N) is 2. The molecule has 0 amide bonds. The van der Waals surface area contributed by atoms with E-state index in [-0.39, 0.29) is 0 Å². The van der Waals surface area contributed by atoms with Crippen molar-refractivity contribution in [2.24, 2.45) is 0 Å². The maximum atomic E-state index is 5.89. The first kappa shape index (κ1) is 11.8. The lowest BCUT2D eigenvalue weighted by Gasteiger charge is -2.21. The van der Waals surface area contributed by atoms with E-state index in [0.29, 0.717) is 5.92 Å². The Morgan fingerprint density at radius 2 is 2.11 bits per heavy atom. The zero-order valence-corrected chi connectivity index (χ0v) is 10.9. The van der Waals surface area contributed by atoms with Crippen molar-refractivity contribution in [1.82, 2.24) is 15.1 Å². The van der Waals surface area contributed by atoms with Crippen LogP contribution in [0.2, 0.25) is 5.02 Å². The Bertz CT molecular complexity index is 512. The summed E-state index contributed by atoms with van der Waals surface area (Å²) in [6.07, 6.45) is 6.60. The van der Waals surface area contributed by atoms with Crippen LogP contribution in [0.3, 0.4) is 0 Å². The van der Waals surface area contributed by atoms with Gasteiger partial charge in [0.1, 0.15) is 0 Å². The first-order chi connectivity index (χ1) is 8.83. The van der Waals surface area contributed by atoms with Crippen LogP contribution in [0, 0.1) is 0 Å². The van der Waals surface area contributed by atoms with E-state index < -0.39 is 0 Å². The van der Waals surface area contributed by atoms with Crippen molar-refractivity contribution in [3.63, 3.8) is 0 Å². The van der Waals surface area contributed by atoms with Crippen molar-refractivity contribution in [2.45, 2.75) is 18.8 Å². The minimum absolute atomic E-state index is 0.597. The van der Waals surface area contributed by atoms with Gasteiger partial charge >= 0.3 is 0 Å². The summed E-state index contributed by atoms with van der Waals surface area (Å²) < 4.78 is 1.92. The van der Waals surface area contributed by atoms with Crippen LogP contribution >= 0.6 is 11.6 Å². The molecule has 1 N–H and O–H groups in total. The predicted octanol–water partition coefficient (Wildman–Crippen LogP) is 2.99. The third kappa shape index (κ3) is 2.42. The van der Waals surface area contributed by atoms with Crippen LogP contribution in [0.1, 0.15) is 24.3 Å². The number of hydrogen-bond donors (Lipinski definition) is 1. The average molecular weight is 262 g/mol. The smallest absolute Gasteiger partial charge is 0.0646 e. The number of rotatable bonds is 2. The summed E-state index contributed by atoms with van der Waals surface area (Å²) in [5.41, 5.74) is 2.37. The van der Waals surface area contributed by atoms with Crippen LogP contribution in [0.25, 0.3) is 5.69 Å². The van der Waals surface area contributed by atoms with E-state index in [1.54, 1.807) is 0 Å². The highest BCUT2D eigenvalue weighted by Gasteiger charge is 2.16. The SMILES string of the molecule is Clc1ccc(-n2cc(C3CCCNC3)cn2)cc1. The zero-order valence-electron chi connectivity index (χ0n) is 10.1. The van der Waals surface area contributed by atoms with Crippen molar-refractivity contribution in [3.05, 3.63) is 47.2 Å². The van der Waals surface area contributed by atoms with Crippen molar-refractivity contribution in [2.75, 3.05) is 13.1 Å². The maximum Gasteiger partial charge on any atom is 0.0646 e. The minimum atomic E-state index is 0.597. The number of aromatic nitrogens is 2.